The zero-order valence-corrected chi connectivity index (χ0v) is 7.59. The third kappa shape index (κ3) is 2.87. The van der Waals surface area contributed by atoms with Crippen LogP contribution in [0, 0.1) is 5.92 Å². The lowest BCUT2D eigenvalue weighted by Gasteiger charge is -2.36. The van der Waals surface area contributed by atoms with Gasteiger partial charge in [0.05, 0.1) is 25.4 Å². The highest BCUT2D eigenvalue weighted by molar-refractivity contribution is 4.92. The number of hydrogen-bond donors (Lipinski definition) is 6. The lowest BCUT2D eigenvalue weighted by atomic mass is 9.88. The Balaban J connectivity index is 4.51. The fourth-order valence-corrected chi connectivity index (χ4v) is 1.01. The second-order valence-electron chi connectivity index (χ2n) is 3.22. The van der Waals surface area contributed by atoms with Gasteiger partial charge in [0.2, 0.25) is 0 Å². The molecular formula is C7H18N2O4. The molecule has 8 N–H and O–H groups in total. The molecule has 0 aliphatic rings. The van der Waals surface area contributed by atoms with Crippen LogP contribution in [0.25, 0.3) is 0 Å². The first kappa shape index (κ1) is 12.8. The number of nitrogens with two attached hydrogens (primary N) is 2. The van der Waals surface area contributed by atoms with Crippen LogP contribution in [0.2, 0.25) is 0 Å². The van der Waals surface area contributed by atoms with E-state index in [-0.39, 0.29) is 0 Å². The Kier molecular flexibility index (Phi) is 4.76. The second-order valence-corrected chi connectivity index (χ2v) is 3.22. The van der Waals surface area contributed by atoms with Gasteiger partial charge in [-0.1, -0.05) is 0 Å². The van der Waals surface area contributed by atoms with E-state index in [0.717, 1.165) is 0 Å². The van der Waals surface area contributed by atoms with E-state index >= 15 is 0 Å². The highest BCUT2D eigenvalue weighted by Gasteiger charge is 2.40. The topological polar surface area (TPSA) is 133 Å². The summed E-state index contributed by atoms with van der Waals surface area (Å²) in [6.45, 7) is 0.377. The molecule has 0 aromatic rings. The minimum atomic E-state index is -1.97. The maximum absolute atomic E-state index is 9.59. The molecule has 0 rings (SSSR count). The first-order chi connectivity index (χ1) is 5.87. The van der Waals surface area contributed by atoms with Crippen molar-refractivity contribution in [2.45, 2.75) is 24.8 Å². The molecular weight excluding hydrogens is 176 g/mol. The summed E-state index contributed by atoms with van der Waals surface area (Å²) in [6, 6.07) is -1.11. The van der Waals surface area contributed by atoms with Crippen LogP contribution in [-0.2, 0) is 0 Å². The maximum atomic E-state index is 9.59. The molecule has 80 valence electrons. The molecule has 0 aromatic carbocycles. The van der Waals surface area contributed by atoms with Gasteiger partial charge in [0.1, 0.15) is 5.72 Å². The summed E-state index contributed by atoms with van der Waals surface area (Å²) < 4.78 is 0. The van der Waals surface area contributed by atoms with Gasteiger partial charge in [-0.3, -0.25) is 0 Å². The Morgan fingerprint density at radius 1 is 1.31 bits per heavy atom. The standard InChI is InChI=1S/C7H18N2O4/c1-4(12)6(8)7(9,13)5(2-10)3-11/h4-6,10-13H,2-3,8-9H2,1H3. The van der Waals surface area contributed by atoms with E-state index < -0.39 is 37.0 Å². The molecule has 0 radical (unpaired) electrons. The Labute approximate surface area is 76.8 Å². The normalized spacial score (nSPS) is 21.2. The van der Waals surface area contributed by atoms with Gasteiger partial charge < -0.3 is 31.9 Å². The van der Waals surface area contributed by atoms with Gasteiger partial charge in [-0.25, -0.2) is 0 Å². The lowest BCUT2D eigenvalue weighted by Crippen LogP contribution is -2.65. The Morgan fingerprint density at radius 2 is 1.69 bits per heavy atom. The molecule has 0 saturated heterocycles. The molecule has 0 spiro atoms. The molecule has 3 unspecified atom stereocenters. The van der Waals surface area contributed by atoms with Crippen molar-refractivity contribution in [3.8, 4) is 0 Å². The van der Waals surface area contributed by atoms with Crippen molar-refractivity contribution in [3.05, 3.63) is 0 Å². The van der Waals surface area contributed by atoms with Crippen molar-refractivity contribution < 1.29 is 20.4 Å². The lowest BCUT2D eigenvalue weighted by molar-refractivity contribution is -0.0948. The van der Waals surface area contributed by atoms with Crippen LogP contribution in [0.5, 0.6) is 0 Å². The number of rotatable bonds is 5. The van der Waals surface area contributed by atoms with Crippen molar-refractivity contribution in [2.24, 2.45) is 17.4 Å². The predicted octanol–water partition coefficient (Wildman–Crippen LogP) is -3.06. The van der Waals surface area contributed by atoms with E-state index in [4.69, 9.17) is 26.8 Å². The largest absolute Gasteiger partial charge is 0.396 e. The van der Waals surface area contributed by atoms with Gasteiger partial charge in [-0.15, -0.1) is 0 Å². The van der Waals surface area contributed by atoms with E-state index in [1.165, 1.54) is 6.92 Å². The Hall–Kier alpha value is -0.240. The molecule has 0 aliphatic heterocycles. The van der Waals surface area contributed by atoms with Gasteiger partial charge in [-0.2, -0.15) is 0 Å². The van der Waals surface area contributed by atoms with Crippen LogP contribution in [-0.4, -0.2) is 51.5 Å². The van der Waals surface area contributed by atoms with Crippen molar-refractivity contribution in [3.63, 3.8) is 0 Å². The summed E-state index contributed by atoms with van der Waals surface area (Å²) in [6.07, 6.45) is -1.02. The van der Waals surface area contributed by atoms with Crippen LogP contribution in [0.15, 0.2) is 0 Å². The minimum Gasteiger partial charge on any atom is -0.396 e. The highest BCUT2D eigenvalue weighted by atomic mass is 16.3. The zero-order valence-electron chi connectivity index (χ0n) is 7.59. The van der Waals surface area contributed by atoms with Gasteiger partial charge in [-0.05, 0) is 6.92 Å². The zero-order chi connectivity index (χ0) is 10.6. The summed E-state index contributed by atoms with van der Waals surface area (Å²) in [5.41, 5.74) is 8.80. The summed E-state index contributed by atoms with van der Waals surface area (Å²) in [5, 5.41) is 36.2. The molecule has 0 aromatic heterocycles. The summed E-state index contributed by atoms with van der Waals surface area (Å²) in [7, 11) is 0. The molecule has 6 nitrogen and oxygen atoms in total. The maximum Gasteiger partial charge on any atom is 0.138 e. The molecule has 0 bridgehead atoms. The van der Waals surface area contributed by atoms with Gasteiger partial charge in [0.25, 0.3) is 0 Å². The molecule has 0 aliphatic carbocycles. The number of hydrogen-bond acceptors (Lipinski definition) is 6. The average molecular weight is 194 g/mol. The van der Waals surface area contributed by atoms with Crippen LogP contribution in [0.1, 0.15) is 6.92 Å². The molecule has 0 heterocycles. The van der Waals surface area contributed by atoms with Crippen molar-refractivity contribution in [1.82, 2.24) is 0 Å². The fourth-order valence-electron chi connectivity index (χ4n) is 1.01. The monoisotopic (exact) mass is 194 g/mol. The predicted molar refractivity (Wildman–Crippen MR) is 46.5 cm³/mol. The number of aliphatic hydroxyl groups is 4. The summed E-state index contributed by atoms with van der Waals surface area (Å²) >= 11 is 0. The van der Waals surface area contributed by atoms with E-state index in [0.29, 0.717) is 0 Å². The van der Waals surface area contributed by atoms with E-state index in [1.807, 2.05) is 0 Å². The van der Waals surface area contributed by atoms with Crippen LogP contribution < -0.4 is 11.5 Å². The van der Waals surface area contributed by atoms with Crippen LogP contribution >= 0.6 is 0 Å². The smallest absolute Gasteiger partial charge is 0.138 e. The third-order valence-electron chi connectivity index (χ3n) is 2.15. The molecule has 3 atom stereocenters. The molecule has 0 amide bonds. The van der Waals surface area contributed by atoms with Crippen LogP contribution in [0.4, 0.5) is 0 Å². The van der Waals surface area contributed by atoms with E-state index in [2.05, 4.69) is 0 Å². The van der Waals surface area contributed by atoms with Gasteiger partial charge in [0, 0.05) is 5.92 Å². The third-order valence-corrected chi connectivity index (χ3v) is 2.15. The molecule has 0 fully saturated rings. The molecule has 6 heteroatoms. The Bertz CT molecular complexity index is 143. The Morgan fingerprint density at radius 3 is 1.92 bits per heavy atom. The van der Waals surface area contributed by atoms with Gasteiger partial charge >= 0.3 is 0 Å². The summed E-state index contributed by atoms with van der Waals surface area (Å²) in [4.78, 5) is 0. The van der Waals surface area contributed by atoms with Crippen molar-refractivity contribution in [2.75, 3.05) is 13.2 Å². The van der Waals surface area contributed by atoms with E-state index in [1.54, 1.807) is 0 Å². The number of aliphatic hydroxyl groups excluding tert-OH is 3. The molecule has 13 heavy (non-hydrogen) atoms. The SMILES string of the molecule is CC(O)C(N)C(N)(O)C(CO)CO. The van der Waals surface area contributed by atoms with Crippen molar-refractivity contribution in [1.29, 1.82) is 0 Å². The van der Waals surface area contributed by atoms with Crippen LogP contribution in [0.3, 0.4) is 0 Å². The first-order valence-electron chi connectivity index (χ1n) is 4.04. The second kappa shape index (κ2) is 4.85. The summed E-state index contributed by atoms with van der Waals surface area (Å²) in [5.74, 6) is -0.961. The fraction of sp³-hybridized carbons (Fsp3) is 1.00. The highest BCUT2D eigenvalue weighted by Crippen LogP contribution is 2.16. The first-order valence-corrected chi connectivity index (χ1v) is 4.04. The van der Waals surface area contributed by atoms with Gasteiger partial charge in [0.15, 0.2) is 0 Å². The average Bonchev–Trinajstić information content (AvgIpc) is 2.04. The minimum absolute atomic E-state index is 0.496. The molecule has 0 saturated carbocycles. The van der Waals surface area contributed by atoms with E-state index in [9.17, 15) is 5.11 Å². The quantitative estimate of drug-likeness (QED) is 0.257. The van der Waals surface area contributed by atoms with Crippen molar-refractivity contribution >= 4 is 0 Å².